The minimum atomic E-state index is -2.07. The van der Waals surface area contributed by atoms with Gasteiger partial charge in [0.2, 0.25) is 5.79 Å². The van der Waals surface area contributed by atoms with Crippen LogP contribution in [0.3, 0.4) is 0 Å². The smallest absolute Gasteiger partial charge is 0.210 e. The molecule has 3 atom stereocenters. The fourth-order valence-corrected chi connectivity index (χ4v) is 3.17. The lowest BCUT2D eigenvalue weighted by Gasteiger charge is -2.50. The second kappa shape index (κ2) is 3.25. The van der Waals surface area contributed by atoms with Crippen molar-refractivity contribution in [2.24, 2.45) is 0 Å². The van der Waals surface area contributed by atoms with Gasteiger partial charge >= 0.3 is 0 Å². The zero-order valence-corrected chi connectivity index (χ0v) is 9.56. The number of aliphatic hydroxyl groups excluding tert-OH is 1. The fourth-order valence-electron chi connectivity index (χ4n) is 3.17. The van der Waals surface area contributed by atoms with Crippen LogP contribution in [0.5, 0.6) is 0 Å². The monoisotopic (exact) mass is 256 g/mol. The Labute approximate surface area is 103 Å². The van der Waals surface area contributed by atoms with Crippen molar-refractivity contribution < 1.29 is 15.3 Å². The van der Waals surface area contributed by atoms with E-state index in [9.17, 15) is 15.3 Å². The summed E-state index contributed by atoms with van der Waals surface area (Å²) in [6, 6.07) is -1.18. The molecular weight excluding hydrogens is 240 g/mol. The molecule has 0 saturated carbocycles. The highest BCUT2D eigenvalue weighted by atomic mass is 16.5. The van der Waals surface area contributed by atoms with Gasteiger partial charge in [-0.1, -0.05) is 0 Å². The van der Waals surface area contributed by atoms with Gasteiger partial charge in [0.1, 0.15) is 0 Å². The molecule has 3 heterocycles. The molecule has 0 bridgehead atoms. The molecule has 2 unspecified atom stereocenters. The molecule has 9 heteroatoms. The van der Waals surface area contributed by atoms with E-state index in [0.717, 1.165) is 0 Å². The molecule has 3 rings (SSSR count). The third-order valence-electron chi connectivity index (χ3n) is 3.98. The standard InChI is InChI=1S/C9H16N6O3/c10-6-13-5-4(3-16)12-7(11)15-2-1-8(17,18)9(5,15)14-6/h4-5,16-18H,1-3H2,(H2,11,12)(H3,10,13,14)/t4?,5-,9?/m0/s1. The van der Waals surface area contributed by atoms with Gasteiger partial charge in [0.05, 0.1) is 18.7 Å². The lowest BCUT2D eigenvalue weighted by molar-refractivity contribution is -0.223. The van der Waals surface area contributed by atoms with E-state index in [1.807, 2.05) is 0 Å². The van der Waals surface area contributed by atoms with Crippen molar-refractivity contribution in [2.45, 2.75) is 30.0 Å². The topological polar surface area (TPSA) is 148 Å². The first-order valence-electron chi connectivity index (χ1n) is 5.74. The Morgan fingerprint density at radius 2 is 2.06 bits per heavy atom. The van der Waals surface area contributed by atoms with Gasteiger partial charge in [-0.05, 0) is 0 Å². The van der Waals surface area contributed by atoms with Crippen LogP contribution in [0.4, 0.5) is 0 Å². The van der Waals surface area contributed by atoms with E-state index in [4.69, 9.17) is 10.8 Å². The minimum Gasteiger partial charge on any atom is -0.394 e. The number of aliphatic hydroxyl groups is 3. The Kier molecular flexibility index (Phi) is 2.08. The molecular formula is C9H16N6O3. The van der Waals surface area contributed by atoms with Crippen molar-refractivity contribution in [2.75, 3.05) is 13.2 Å². The predicted molar refractivity (Wildman–Crippen MR) is 60.7 cm³/mol. The molecule has 18 heavy (non-hydrogen) atoms. The summed E-state index contributed by atoms with van der Waals surface area (Å²) in [4.78, 5) is 1.48. The van der Waals surface area contributed by atoms with E-state index in [2.05, 4.69) is 16.0 Å². The van der Waals surface area contributed by atoms with Gasteiger partial charge in [-0.3, -0.25) is 10.8 Å². The van der Waals surface area contributed by atoms with Crippen molar-refractivity contribution in [3.8, 4) is 0 Å². The average molecular weight is 256 g/mol. The largest absolute Gasteiger partial charge is 0.394 e. The van der Waals surface area contributed by atoms with Crippen LogP contribution < -0.4 is 16.0 Å². The maximum atomic E-state index is 10.2. The Balaban J connectivity index is 2.12. The van der Waals surface area contributed by atoms with Crippen LogP contribution in [0.2, 0.25) is 0 Å². The summed E-state index contributed by atoms with van der Waals surface area (Å²) in [5.74, 6) is -2.11. The van der Waals surface area contributed by atoms with Gasteiger partial charge in [-0.2, -0.15) is 0 Å². The van der Waals surface area contributed by atoms with Crippen LogP contribution in [-0.2, 0) is 0 Å². The lowest BCUT2D eigenvalue weighted by atomic mass is 9.86. The first-order chi connectivity index (χ1) is 8.42. The summed E-state index contributed by atoms with van der Waals surface area (Å²) in [5.41, 5.74) is -1.38. The van der Waals surface area contributed by atoms with Gasteiger partial charge in [-0.15, -0.1) is 0 Å². The minimum absolute atomic E-state index is 0.0132. The first-order valence-corrected chi connectivity index (χ1v) is 5.74. The van der Waals surface area contributed by atoms with E-state index >= 15 is 0 Å². The maximum absolute atomic E-state index is 10.2. The van der Waals surface area contributed by atoms with Gasteiger partial charge in [0.15, 0.2) is 17.6 Å². The number of guanidine groups is 2. The van der Waals surface area contributed by atoms with E-state index in [1.165, 1.54) is 4.90 Å². The van der Waals surface area contributed by atoms with E-state index in [-0.39, 0.29) is 31.5 Å². The lowest BCUT2D eigenvalue weighted by Crippen LogP contribution is -2.80. The highest BCUT2D eigenvalue weighted by molar-refractivity contribution is 5.87. The second-order valence-electron chi connectivity index (χ2n) is 4.89. The van der Waals surface area contributed by atoms with Gasteiger partial charge in [0, 0.05) is 13.0 Å². The Morgan fingerprint density at radius 3 is 2.72 bits per heavy atom. The number of rotatable bonds is 1. The quantitative estimate of drug-likeness (QED) is 0.227. The van der Waals surface area contributed by atoms with Crippen LogP contribution in [0.1, 0.15) is 6.42 Å². The van der Waals surface area contributed by atoms with Crippen molar-refractivity contribution in [3.05, 3.63) is 0 Å². The zero-order valence-electron chi connectivity index (χ0n) is 9.56. The highest BCUT2D eigenvalue weighted by Gasteiger charge is 2.70. The number of hydrogen-bond acceptors (Lipinski definition) is 5. The summed E-state index contributed by atoms with van der Waals surface area (Å²) >= 11 is 0. The Bertz CT molecular complexity index is 427. The van der Waals surface area contributed by atoms with Gasteiger partial charge in [0.25, 0.3) is 0 Å². The molecule has 0 aliphatic carbocycles. The summed E-state index contributed by atoms with van der Waals surface area (Å²) in [7, 11) is 0. The normalized spacial score (nSPS) is 40.7. The molecule has 3 fully saturated rings. The fraction of sp³-hybridized carbons (Fsp3) is 0.778. The Hall–Kier alpha value is -1.58. The van der Waals surface area contributed by atoms with E-state index in [0.29, 0.717) is 0 Å². The molecule has 9 nitrogen and oxygen atoms in total. The van der Waals surface area contributed by atoms with E-state index < -0.39 is 23.5 Å². The molecule has 3 aliphatic heterocycles. The molecule has 3 saturated heterocycles. The molecule has 8 N–H and O–H groups in total. The van der Waals surface area contributed by atoms with Crippen molar-refractivity contribution >= 4 is 11.9 Å². The third-order valence-corrected chi connectivity index (χ3v) is 3.98. The van der Waals surface area contributed by atoms with Crippen LogP contribution >= 0.6 is 0 Å². The highest BCUT2D eigenvalue weighted by Crippen LogP contribution is 2.42. The van der Waals surface area contributed by atoms with Gasteiger partial charge < -0.3 is 36.2 Å². The molecule has 100 valence electrons. The number of hydrogen-bond donors (Lipinski definition) is 8. The number of nitrogens with zero attached hydrogens (tertiary/aromatic N) is 1. The van der Waals surface area contributed by atoms with Crippen LogP contribution in [-0.4, -0.2) is 68.8 Å². The third kappa shape index (κ3) is 1.11. The van der Waals surface area contributed by atoms with Crippen LogP contribution in [0.15, 0.2) is 0 Å². The SMILES string of the molecule is N=C1N[C@H]2C(CO)NC(=N)N3CCC(O)(O)C23N1. The molecule has 1 spiro atoms. The van der Waals surface area contributed by atoms with Crippen molar-refractivity contribution in [1.29, 1.82) is 10.8 Å². The summed E-state index contributed by atoms with van der Waals surface area (Å²) in [6.45, 7) is 0.0100. The molecule has 0 aromatic heterocycles. The maximum Gasteiger partial charge on any atom is 0.210 e. The van der Waals surface area contributed by atoms with Crippen molar-refractivity contribution in [1.82, 2.24) is 20.9 Å². The second-order valence-corrected chi connectivity index (χ2v) is 4.89. The summed E-state index contributed by atoms with van der Waals surface area (Å²) in [5, 5.41) is 53.6. The molecule has 0 aromatic carbocycles. The average Bonchev–Trinajstić information content (AvgIpc) is 2.77. The van der Waals surface area contributed by atoms with E-state index in [1.54, 1.807) is 0 Å². The molecule has 0 amide bonds. The molecule has 0 aromatic rings. The predicted octanol–water partition coefficient (Wildman–Crippen LogP) is -3.54. The molecule has 0 radical (unpaired) electrons. The molecule has 3 aliphatic rings. The van der Waals surface area contributed by atoms with Crippen LogP contribution in [0, 0.1) is 10.8 Å². The van der Waals surface area contributed by atoms with Crippen LogP contribution in [0.25, 0.3) is 0 Å². The zero-order chi connectivity index (χ0) is 13.1. The first kappa shape index (κ1) is 11.5. The van der Waals surface area contributed by atoms with Gasteiger partial charge in [-0.25, -0.2) is 0 Å². The number of nitrogens with one attached hydrogen (secondary N) is 5. The summed E-state index contributed by atoms with van der Waals surface area (Å²) < 4.78 is 0. The summed E-state index contributed by atoms with van der Waals surface area (Å²) in [6.07, 6.45) is 0.0632. The Morgan fingerprint density at radius 1 is 1.33 bits per heavy atom. The van der Waals surface area contributed by atoms with Crippen molar-refractivity contribution in [3.63, 3.8) is 0 Å².